The first-order chi connectivity index (χ1) is 8.65. The molecular formula is C12H15NO4S. The zero-order valence-electron chi connectivity index (χ0n) is 10.1. The van der Waals surface area contributed by atoms with Crippen LogP contribution in [0.1, 0.15) is 22.9 Å². The van der Waals surface area contributed by atoms with Crippen LogP contribution in [0.3, 0.4) is 0 Å². The summed E-state index contributed by atoms with van der Waals surface area (Å²) in [4.78, 5) is 25.9. The molecule has 98 valence electrons. The standard InChI is InChI=1S/C12H15NO4S/c1-17-6-3-10(14)13-5-2-9-8(4-7-18-9)11(13)12(15)16/h4,7,11H,2-3,5-6H2,1H3,(H,15,16). The zero-order valence-corrected chi connectivity index (χ0v) is 10.9. The van der Waals surface area contributed by atoms with Crippen molar-refractivity contribution in [2.45, 2.75) is 18.9 Å². The van der Waals surface area contributed by atoms with Gasteiger partial charge in [-0.1, -0.05) is 0 Å². The Labute approximate surface area is 109 Å². The predicted octanol–water partition coefficient (Wildman–Crippen LogP) is 1.29. The van der Waals surface area contributed by atoms with Crippen molar-refractivity contribution in [1.82, 2.24) is 4.90 Å². The summed E-state index contributed by atoms with van der Waals surface area (Å²) in [6, 6.07) is 0.957. The largest absolute Gasteiger partial charge is 0.479 e. The molecule has 6 heteroatoms. The maximum Gasteiger partial charge on any atom is 0.331 e. The van der Waals surface area contributed by atoms with Gasteiger partial charge in [-0.2, -0.15) is 0 Å². The Morgan fingerprint density at radius 1 is 1.61 bits per heavy atom. The van der Waals surface area contributed by atoms with Crippen LogP contribution in [0.4, 0.5) is 0 Å². The lowest BCUT2D eigenvalue weighted by Gasteiger charge is -2.33. The molecule has 1 N–H and O–H groups in total. The molecule has 1 aliphatic heterocycles. The molecule has 2 heterocycles. The molecule has 1 unspecified atom stereocenters. The van der Waals surface area contributed by atoms with Crippen LogP contribution < -0.4 is 0 Å². The van der Waals surface area contributed by atoms with Crippen molar-refractivity contribution >= 4 is 23.2 Å². The van der Waals surface area contributed by atoms with E-state index < -0.39 is 12.0 Å². The van der Waals surface area contributed by atoms with E-state index in [0.717, 1.165) is 16.9 Å². The third kappa shape index (κ3) is 2.39. The molecule has 2 rings (SSSR count). The predicted molar refractivity (Wildman–Crippen MR) is 66.6 cm³/mol. The molecule has 0 aromatic carbocycles. The maximum absolute atomic E-state index is 12.0. The highest BCUT2D eigenvalue weighted by atomic mass is 32.1. The number of carboxylic acid groups (broad SMARTS) is 1. The number of aliphatic carboxylic acids is 1. The monoisotopic (exact) mass is 269 g/mol. The molecule has 5 nitrogen and oxygen atoms in total. The summed E-state index contributed by atoms with van der Waals surface area (Å²) < 4.78 is 4.86. The van der Waals surface area contributed by atoms with E-state index in [1.165, 1.54) is 12.0 Å². The summed E-state index contributed by atoms with van der Waals surface area (Å²) >= 11 is 1.55. The van der Waals surface area contributed by atoms with Gasteiger partial charge in [-0.05, 0) is 23.4 Å². The number of carbonyl (C=O) groups excluding carboxylic acids is 1. The Morgan fingerprint density at radius 3 is 3.06 bits per heavy atom. The number of hydrogen-bond acceptors (Lipinski definition) is 4. The van der Waals surface area contributed by atoms with Gasteiger partial charge in [-0.25, -0.2) is 4.79 Å². The molecule has 1 aromatic rings. The molecule has 1 aliphatic rings. The number of nitrogens with zero attached hydrogens (tertiary/aromatic N) is 1. The zero-order chi connectivity index (χ0) is 13.1. The van der Waals surface area contributed by atoms with Crippen molar-refractivity contribution < 1.29 is 19.4 Å². The highest BCUT2D eigenvalue weighted by molar-refractivity contribution is 7.10. The molecule has 0 saturated carbocycles. The lowest BCUT2D eigenvalue weighted by molar-refractivity contribution is -0.151. The second-order valence-electron chi connectivity index (χ2n) is 4.12. The molecule has 0 fully saturated rings. The van der Waals surface area contributed by atoms with Crippen molar-refractivity contribution in [2.75, 3.05) is 20.3 Å². The minimum Gasteiger partial charge on any atom is -0.479 e. The van der Waals surface area contributed by atoms with Crippen LogP contribution >= 0.6 is 11.3 Å². The Balaban J connectivity index is 2.21. The van der Waals surface area contributed by atoms with Crippen LogP contribution in [-0.2, 0) is 20.7 Å². The fraction of sp³-hybridized carbons (Fsp3) is 0.500. The summed E-state index contributed by atoms with van der Waals surface area (Å²) in [5, 5.41) is 11.2. The van der Waals surface area contributed by atoms with Gasteiger partial charge in [0.05, 0.1) is 13.0 Å². The quantitative estimate of drug-likeness (QED) is 0.894. The molecule has 0 aliphatic carbocycles. The van der Waals surface area contributed by atoms with E-state index in [-0.39, 0.29) is 12.3 Å². The molecule has 0 radical (unpaired) electrons. The van der Waals surface area contributed by atoms with Crippen molar-refractivity contribution in [3.05, 3.63) is 21.9 Å². The topological polar surface area (TPSA) is 66.8 Å². The molecular weight excluding hydrogens is 254 g/mol. The first-order valence-corrected chi connectivity index (χ1v) is 6.60. The third-order valence-corrected chi connectivity index (χ3v) is 4.04. The highest BCUT2D eigenvalue weighted by Gasteiger charge is 2.36. The van der Waals surface area contributed by atoms with E-state index in [1.807, 2.05) is 5.38 Å². The van der Waals surface area contributed by atoms with Gasteiger partial charge < -0.3 is 14.7 Å². The fourth-order valence-electron chi connectivity index (χ4n) is 2.18. The van der Waals surface area contributed by atoms with Gasteiger partial charge in [-0.15, -0.1) is 11.3 Å². The van der Waals surface area contributed by atoms with Gasteiger partial charge in [0.15, 0.2) is 6.04 Å². The van der Waals surface area contributed by atoms with Gasteiger partial charge in [0.25, 0.3) is 0 Å². The summed E-state index contributed by atoms with van der Waals surface area (Å²) in [6.45, 7) is 0.783. The summed E-state index contributed by atoms with van der Waals surface area (Å²) in [5.41, 5.74) is 0.754. The number of fused-ring (bicyclic) bond motifs is 1. The highest BCUT2D eigenvalue weighted by Crippen LogP contribution is 2.33. The SMILES string of the molecule is COCCC(=O)N1CCc2sccc2C1C(=O)O. The Morgan fingerprint density at radius 2 is 2.39 bits per heavy atom. The first-order valence-electron chi connectivity index (χ1n) is 5.72. The number of amides is 1. The van der Waals surface area contributed by atoms with E-state index in [4.69, 9.17) is 4.74 Å². The average Bonchev–Trinajstić information content (AvgIpc) is 2.82. The van der Waals surface area contributed by atoms with E-state index in [9.17, 15) is 14.7 Å². The number of carbonyl (C=O) groups is 2. The molecule has 0 bridgehead atoms. The van der Waals surface area contributed by atoms with Crippen molar-refractivity contribution in [1.29, 1.82) is 0 Å². The number of thiophene rings is 1. The van der Waals surface area contributed by atoms with Crippen LogP contribution in [0.15, 0.2) is 11.4 Å². The van der Waals surface area contributed by atoms with Crippen LogP contribution in [-0.4, -0.2) is 42.1 Å². The van der Waals surface area contributed by atoms with Crippen LogP contribution in [0.5, 0.6) is 0 Å². The smallest absolute Gasteiger partial charge is 0.331 e. The van der Waals surface area contributed by atoms with Gasteiger partial charge in [0.1, 0.15) is 0 Å². The Bertz CT molecular complexity index is 457. The molecule has 1 aromatic heterocycles. The minimum atomic E-state index is -0.972. The molecule has 18 heavy (non-hydrogen) atoms. The number of carboxylic acids is 1. The van der Waals surface area contributed by atoms with Crippen LogP contribution in [0.2, 0.25) is 0 Å². The van der Waals surface area contributed by atoms with Crippen molar-refractivity contribution in [2.24, 2.45) is 0 Å². The fourth-order valence-corrected chi connectivity index (χ4v) is 3.09. The third-order valence-electron chi connectivity index (χ3n) is 3.04. The number of hydrogen-bond donors (Lipinski definition) is 1. The normalized spacial score (nSPS) is 18.5. The summed E-state index contributed by atoms with van der Waals surface area (Å²) in [7, 11) is 1.52. The van der Waals surface area contributed by atoms with Crippen LogP contribution in [0, 0.1) is 0 Å². The van der Waals surface area contributed by atoms with Gasteiger partial charge in [-0.3, -0.25) is 4.79 Å². The molecule has 1 amide bonds. The van der Waals surface area contributed by atoms with Crippen LogP contribution in [0.25, 0.3) is 0 Å². The van der Waals surface area contributed by atoms with Gasteiger partial charge >= 0.3 is 5.97 Å². The van der Waals surface area contributed by atoms with E-state index in [1.54, 1.807) is 17.4 Å². The summed E-state index contributed by atoms with van der Waals surface area (Å²) in [5.74, 6) is -1.14. The Hall–Kier alpha value is -1.40. The molecule has 1 atom stereocenters. The van der Waals surface area contributed by atoms with E-state index in [0.29, 0.717) is 13.2 Å². The number of ether oxygens (including phenoxy) is 1. The number of methoxy groups -OCH3 is 1. The second-order valence-corrected chi connectivity index (χ2v) is 5.12. The van der Waals surface area contributed by atoms with E-state index in [2.05, 4.69) is 0 Å². The average molecular weight is 269 g/mol. The molecule has 0 saturated heterocycles. The maximum atomic E-state index is 12.0. The lowest BCUT2D eigenvalue weighted by Crippen LogP contribution is -2.43. The summed E-state index contributed by atoms with van der Waals surface area (Å²) in [6.07, 6.45) is 0.954. The van der Waals surface area contributed by atoms with Gasteiger partial charge in [0, 0.05) is 18.5 Å². The lowest BCUT2D eigenvalue weighted by atomic mass is 9.99. The Kier molecular flexibility index (Phi) is 3.98. The van der Waals surface area contributed by atoms with Crippen molar-refractivity contribution in [3.8, 4) is 0 Å². The van der Waals surface area contributed by atoms with Crippen molar-refractivity contribution in [3.63, 3.8) is 0 Å². The first kappa shape index (κ1) is 13.0. The number of rotatable bonds is 4. The second kappa shape index (κ2) is 5.49. The minimum absolute atomic E-state index is 0.166. The van der Waals surface area contributed by atoms with Gasteiger partial charge in [0.2, 0.25) is 5.91 Å². The van der Waals surface area contributed by atoms with E-state index >= 15 is 0 Å². The molecule has 0 spiro atoms.